The minimum Gasteiger partial charge on any atom is -0.467 e. The van der Waals surface area contributed by atoms with Gasteiger partial charge in [0, 0.05) is 31.9 Å². The Morgan fingerprint density at radius 1 is 1.15 bits per heavy atom. The van der Waals surface area contributed by atoms with Crippen molar-refractivity contribution >= 4 is 28.9 Å². The summed E-state index contributed by atoms with van der Waals surface area (Å²) in [4.78, 5) is 16.7. The molecule has 1 fully saturated rings. The highest BCUT2D eigenvalue weighted by molar-refractivity contribution is 7.80. The molecule has 1 amide bonds. The molecule has 6 nitrogen and oxygen atoms in total. The van der Waals surface area contributed by atoms with Gasteiger partial charge in [0.25, 0.3) is 0 Å². The average Bonchev–Trinajstić information content (AvgIpc) is 3.18. The topological polar surface area (TPSA) is 60.8 Å². The number of aryl methyl sites for hydroxylation is 1. The predicted octanol–water partition coefficient (Wildman–Crippen LogP) is 2.53. The molecule has 2 heterocycles. The summed E-state index contributed by atoms with van der Waals surface area (Å²) in [5, 5.41) is 6.97. The van der Waals surface area contributed by atoms with Gasteiger partial charge in [-0.15, -0.1) is 0 Å². The lowest BCUT2D eigenvalue weighted by Gasteiger charge is -2.35. The largest absolute Gasteiger partial charge is 0.467 e. The fourth-order valence-corrected chi connectivity index (χ4v) is 3.33. The Labute approximate surface area is 165 Å². The summed E-state index contributed by atoms with van der Waals surface area (Å²) in [5.41, 5.74) is 3.18. The Hall–Kier alpha value is -2.38. The number of benzene rings is 1. The summed E-state index contributed by atoms with van der Waals surface area (Å²) in [6, 6.07) is 9.74. The molecule has 0 radical (unpaired) electrons. The molecule has 0 spiro atoms. The van der Waals surface area contributed by atoms with E-state index in [0.29, 0.717) is 13.1 Å². The molecule has 27 heavy (non-hydrogen) atoms. The molecule has 1 aromatic carbocycles. The number of rotatable bonds is 5. The molecule has 0 unspecified atom stereocenters. The van der Waals surface area contributed by atoms with E-state index in [1.54, 1.807) is 6.26 Å². The van der Waals surface area contributed by atoms with E-state index >= 15 is 0 Å². The molecule has 3 rings (SSSR count). The van der Waals surface area contributed by atoms with Crippen molar-refractivity contribution in [2.24, 2.45) is 0 Å². The summed E-state index contributed by atoms with van der Waals surface area (Å²) < 4.78 is 5.30. The fourth-order valence-electron chi connectivity index (χ4n) is 3.08. The van der Waals surface area contributed by atoms with Crippen LogP contribution in [0.5, 0.6) is 0 Å². The van der Waals surface area contributed by atoms with Crippen molar-refractivity contribution in [2.45, 2.75) is 20.4 Å². The minimum absolute atomic E-state index is 0.0238. The molecule has 1 aromatic heterocycles. The van der Waals surface area contributed by atoms with E-state index in [1.165, 1.54) is 5.56 Å². The first-order chi connectivity index (χ1) is 13.0. The molecular formula is C20H26N4O2S. The van der Waals surface area contributed by atoms with Crippen LogP contribution >= 0.6 is 12.2 Å². The SMILES string of the molecule is Cc1cccc(NC(=O)CN2CCN(C(=S)NCc3ccco3)CC2)c1C. The zero-order valence-electron chi connectivity index (χ0n) is 15.8. The van der Waals surface area contributed by atoms with Crippen LogP contribution < -0.4 is 10.6 Å². The molecule has 0 saturated carbocycles. The van der Waals surface area contributed by atoms with E-state index in [-0.39, 0.29) is 5.91 Å². The van der Waals surface area contributed by atoms with Crippen molar-refractivity contribution in [1.29, 1.82) is 0 Å². The Morgan fingerprint density at radius 2 is 1.93 bits per heavy atom. The van der Waals surface area contributed by atoms with Crippen LogP contribution in [0.4, 0.5) is 5.69 Å². The summed E-state index contributed by atoms with van der Waals surface area (Å²) in [6.07, 6.45) is 1.65. The number of thiocarbonyl (C=S) groups is 1. The van der Waals surface area contributed by atoms with E-state index in [9.17, 15) is 4.79 Å². The lowest BCUT2D eigenvalue weighted by molar-refractivity contribution is -0.117. The first-order valence-corrected chi connectivity index (χ1v) is 9.57. The summed E-state index contributed by atoms with van der Waals surface area (Å²) in [6.45, 7) is 8.29. The van der Waals surface area contributed by atoms with Crippen LogP contribution in [0.15, 0.2) is 41.0 Å². The second kappa shape index (κ2) is 9.01. The first kappa shape index (κ1) is 19.4. The van der Waals surface area contributed by atoms with Gasteiger partial charge in [0.2, 0.25) is 5.91 Å². The maximum Gasteiger partial charge on any atom is 0.238 e. The Kier molecular flexibility index (Phi) is 6.47. The smallest absolute Gasteiger partial charge is 0.238 e. The molecule has 144 valence electrons. The summed E-state index contributed by atoms with van der Waals surface area (Å²) in [7, 11) is 0. The van der Waals surface area contributed by atoms with E-state index in [0.717, 1.165) is 48.3 Å². The first-order valence-electron chi connectivity index (χ1n) is 9.16. The molecule has 2 aromatic rings. The number of nitrogens with one attached hydrogen (secondary N) is 2. The number of piperazine rings is 1. The van der Waals surface area contributed by atoms with Gasteiger partial charge in [-0.1, -0.05) is 12.1 Å². The highest BCUT2D eigenvalue weighted by Gasteiger charge is 2.21. The molecule has 0 bridgehead atoms. The molecule has 7 heteroatoms. The van der Waals surface area contributed by atoms with Gasteiger partial charge in [-0.3, -0.25) is 9.69 Å². The van der Waals surface area contributed by atoms with Crippen LogP contribution in [0.2, 0.25) is 0 Å². The van der Waals surface area contributed by atoms with Gasteiger partial charge >= 0.3 is 0 Å². The highest BCUT2D eigenvalue weighted by atomic mass is 32.1. The van der Waals surface area contributed by atoms with E-state index in [2.05, 4.69) is 20.4 Å². The molecule has 1 aliphatic rings. The quantitative estimate of drug-likeness (QED) is 0.770. The number of carbonyl (C=O) groups excluding carboxylic acids is 1. The highest BCUT2D eigenvalue weighted by Crippen LogP contribution is 2.18. The van der Waals surface area contributed by atoms with E-state index < -0.39 is 0 Å². The van der Waals surface area contributed by atoms with Crippen molar-refractivity contribution in [3.05, 3.63) is 53.5 Å². The molecule has 1 aliphatic heterocycles. The summed E-state index contributed by atoms with van der Waals surface area (Å²) >= 11 is 5.46. The molecule has 2 N–H and O–H groups in total. The van der Waals surface area contributed by atoms with Crippen LogP contribution in [-0.4, -0.2) is 53.5 Å². The number of furan rings is 1. The molecular weight excluding hydrogens is 360 g/mol. The van der Waals surface area contributed by atoms with Crippen LogP contribution in [0.25, 0.3) is 0 Å². The van der Waals surface area contributed by atoms with Gasteiger partial charge in [0.1, 0.15) is 5.76 Å². The Balaban J connectivity index is 1.41. The third kappa shape index (κ3) is 5.30. The van der Waals surface area contributed by atoms with E-state index in [1.807, 2.05) is 44.2 Å². The van der Waals surface area contributed by atoms with Gasteiger partial charge in [-0.25, -0.2) is 0 Å². The average molecular weight is 387 g/mol. The number of amides is 1. The van der Waals surface area contributed by atoms with Crippen molar-refractivity contribution < 1.29 is 9.21 Å². The second-order valence-electron chi connectivity index (χ2n) is 6.80. The number of carbonyl (C=O) groups is 1. The maximum atomic E-state index is 12.4. The van der Waals surface area contributed by atoms with Crippen molar-refractivity contribution in [1.82, 2.24) is 15.1 Å². The van der Waals surface area contributed by atoms with Crippen LogP contribution in [0, 0.1) is 13.8 Å². The number of hydrogen-bond acceptors (Lipinski definition) is 4. The van der Waals surface area contributed by atoms with Gasteiger partial charge in [0.05, 0.1) is 19.4 Å². The van der Waals surface area contributed by atoms with Gasteiger partial charge in [-0.2, -0.15) is 0 Å². The standard InChI is InChI=1S/C20H26N4O2S/c1-15-5-3-7-18(16(15)2)22-19(25)14-23-8-10-24(11-9-23)20(27)21-13-17-6-4-12-26-17/h3-7,12H,8-11,13-14H2,1-2H3,(H,21,27)(H,22,25). The Morgan fingerprint density at radius 3 is 2.63 bits per heavy atom. The monoisotopic (exact) mass is 386 g/mol. The third-order valence-electron chi connectivity index (χ3n) is 4.90. The van der Waals surface area contributed by atoms with Crippen LogP contribution in [0.3, 0.4) is 0 Å². The second-order valence-corrected chi connectivity index (χ2v) is 7.18. The summed E-state index contributed by atoms with van der Waals surface area (Å²) in [5.74, 6) is 0.884. The predicted molar refractivity (Wildman–Crippen MR) is 111 cm³/mol. The van der Waals surface area contributed by atoms with Gasteiger partial charge in [-0.05, 0) is 55.4 Å². The number of hydrogen-bond donors (Lipinski definition) is 2. The lowest BCUT2D eigenvalue weighted by atomic mass is 10.1. The van der Waals surface area contributed by atoms with Crippen molar-refractivity contribution in [3.63, 3.8) is 0 Å². The normalized spacial score (nSPS) is 14.8. The number of nitrogens with zero attached hydrogens (tertiary/aromatic N) is 2. The lowest BCUT2D eigenvalue weighted by Crippen LogP contribution is -2.52. The maximum absolute atomic E-state index is 12.4. The third-order valence-corrected chi connectivity index (χ3v) is 5.30. The number of anilines is 1. The molecule has 0 atom stereocenters. The van der Waals surface area contributed by atoms with Gasteiger partial charge < -0.3 is 20.0 Å². The zero-order valence-corrected chi connectivity index (χ0v) is 16.6. The molecule has 0 aliphatic carbocycles. The fraction of sp³-hybridized carbons (Fsp3) is 0.400. The van der Waals surface area contributed by atoms with Crippen LogP contribution in [0.1, 0.15) is 16.9 Å². The van der Waals surface area contributed by atoms with Gasteiger partial charge in [0.15, 0.2) is 5.11 Å². The van der Waals surface area contributed by atoms with E-state index in [4.69, 9.17) is 16.6 Å². The van der Waals surface area contributed by atoms with Crippen LogP contribution in [-0.2, 0) is 11.3 Å². The molecule has 1 saturated heterocycles. The van der Waals surface area contributed by atoms with Crippen molar-refractivity contribution in [3.8, 4) is 0 Å². The van der Waals surface area contributed by atoms with Crippen molar-refractivity contribution in [2.75, 3.05) is 38.0 Å². The Bertz CT molecular complexity index is 783. The zero-order chi connectivity index (χ0) is 19.2. The minimum atomic E-state index is 0.0238.